The largest absolute Gasteiger partial charge is 0.338 e. The Balaban J connectivity index is 1.37. The molecular weight excluding hydrogens is 360 g/mol. The molecule has 1 N–H and O–H groups in total. The molecule has 2 aliphatic rings. The van der Waals surface area contributed by atoms with E-state index in [1.165, 1.54) is 43.2 Å². The van der Waals surface area contributed by atoms with Gasteiger partial charge in [-0.1, -0.05) is 37.5 Å². The zero-order chi connectivity index (χ0) is 20.1. The van der Waals surface area contributed by atoms with Crippen molar-refractivity contribution in [3.05, 3.63) is 42.2 Å². The van der Waals surface area contributed by atoms with Crippen molar-refractivity contribution in [2.75, 3.05) is 45.2 Å². The molecule has 1 aliphatic heterocycles. The first kappa shape index (κ1) is 20.3. The Kier molecular flexibility index (Phi) is 6.74. The smallest absolute Gasteiger partial charge is 0.225 e. The lowest BCUT2D eigenvalue weighted by Crippen LogP contribution is -2.51. The van der Waals surface area contributed by atoms with Crippen LogP contribution >= 0.6 is 0 Å². The number of nitrogens with one attached hydrogen (secondary N) is 1. The second-order valence-corrected chi connectivity index (χ2v) is 8.37. The molecule has 0 spiro atoms. The molecule has 0 amide bonds. The van der Waals surface area contributed by atoms with E-state index in [2.05, 4.69) is 44.5 Å². The predicted molar refractivity (Wildman–Crippen MR) is 119 cm³/mol. The van der Waals surface area contributed by atoms with Gasteiger partial charge in [0.1, 0.15) is 0 Å². The van der Waals surface area contributed by atoms with Gasteiger partial charge >= 0.3 is 0 Å². The predicted octanol–water partition coefficient (Wildman–Crippen LogP) is 3.16. The summed E-state index contributed by atoms with van der Waals surface area (Å²) in [6, 6.07) is 9.41. The number of rotatable bonds is 6. The molecule has 1 aromatic carbocycles. The van der Waals surface area contributed by atoms with E-state index in [0.29, 0.717) is 0 Å². The standard InChI is InChI=1S/C23H34N6/c1-24-27(2)18-19-7-6-8-20(15-19)21-16-25-23(26-17-21)29-13-11-28(12-14-29)22-9-4-3-5-10-22/h6-8,15-17,22,24H,3-5,9-14,18H2,1-2H3. The molecule has 0 bridgehead atoms. The van der Waals surface area contributed by atoms with Crippen molar-refractivity contribution in [3.8, 4) is 11.1 Å². The molecule has 2 heterocycles. The van der Waals surface area contributed by atoms with Crippen LogP contribution in [0.3, 0.4) is 0 Å². The Bertz CT molecular complexity index is 763. The average molecular weight is 395 g/mol. The molecule has 156 valence electrons. The molecule has 1 aromatic heterocycles. The fourth-order valence-electron chi connectivity index (χ4n) is 4.57. The molecule has 2 fully saturated rings. The average Bonchev–Trinajstić information content (AvgIpc) is 2.80. The van der Waals surface area contributed by atoms with Crippen LogP contribution in [0.4, 0.5) is 5.95 Å². The maximum Gasteiger partial charge on any atom is 0.225 e. The minimum atomic E-state index is 0.809. The minimum absolute atomic E-state index is 0.809. The second kappa shape index (κ2) is 9.65. The molecule has 6 heteroatoms. The molecule has 0 unspecified atom stereocenters. The van der Waals surface area contributed by atoms with Crippen molar-refractivity contribution in [1.29, 1.82) is 0 Å². The van der Waals surface area contributed by atoms with E-state index < -0.39 is 0 Å². The molecule has 0 radical (unpaired) electrons. The van der Waals surface area contributed by atoms with Crippen LogP contribution in [0.15, 0.2) is 36.7 Å². The lowest BCUT2D eigenvalue weighted by molar-refractivity contribution is 0.147. The number of hydrazine groups is 1. The quantitative estimate of drug-likeness (QED) is 0.760. The first-order chi connectivity index (χ1) is 14.2. The van der Waals surface area contributed by atoms with Crippen molar-refractivity contribution in [2.45, 2.75) is 44.7 Å². The van der Waals surface area contributed by atoms with Gasteiger partial charge in [0, 0.05) is 63.8 Å². The van der Waals surface area contributed by atoms with Gasteiger partial charge in [-0.2, -0.15) is 0 Å². The van der Waals surface area contributed by atoms with Crippen molar-refractivity contribution in [2.24, 2.45) is 0 Å². The maximum atomic E-state index is 4.70. The summed E-state index contributed by atoms with van der Waals surface area (Å²) in [5.41, 5.74) is 6.65. The molecular formula is C23H34N6. The summed E-state index contributed by atoms with van der Waals surface area (Å²) in [6.45, 7) is 5.19. The SMILES string of the molecule is CNN(C)Cc1cccc(-c2cnc(N3CCN(C4CCCCC4)CC3)nc2)c1. The number of piperazine rings is 1. The normalized spacial score (nSPS) is 19.1. The lowest BCUT2D eigenvalue weighted by atomic mass is 9.94. The highest BCUT2D eigenvalue weighted by Gasteiger charge is 2.25. The molecule has 6 nitrogen and oxygen atoms in total. The van der Waals surface area contributed by atoms with Gasteiger partial charge in [-0.15, -0.1) is 0 Å². The zero-order valence-corrected chi connectivity index (χ0v) is 17.8. The summed E-state index contributed by atoms with van der Waals surface area (Å²) in [4.78, 5) is 14.4. The van der Waals surface area contributed by atoms with Gasteiger partial charge in [-0.25, -0.2) is 15.0 Å². The topological polar surface area (TPSA) is 47.5 Å². The van der Waals surface area contributed by atoms with Gasteiger partial charge in [-0.05, 0) is 37.1 Å². The van der Waals surface area contributed by atoms with Gasteiger partial charge in [0.05, 0.1) is 0 Å². The fraction of sp³-hybridized carbons (Fsp3) is 0.565. The number of anilines is 1. The van der Waals surface area contributed by atoms with Crippen LogP contribution in [0.25, 0.3) is 11.1 Å². The van der Waals surface area contributed by atoms with E-state index in [4.69, 9.17) is 9.97 Å². The van der Waals surface area contributed by atoms with E-state index in [1.54, 1.807) is 0 Å². The van der Waals surface area contributed by atoms with E-state index in [-0.39, 0.29) is 0 Å². The highest BCUT2D eigenvalue weighted by atomic mass is 15.5. The van der Waals surface area contributed by atoms with Crippen molar-refractivity contribution in [3.63, 3.8) is 0 Å². The van der Waals surface area contributed by atoms with E-state index in [9.17, 15) is 0 Å². The Labute approximate surface area is 174 Å². The van der Waals surface area contributed by atoms with Crippen LogP contribution < -0.4 is 10.3 Å². The lowest BCUT2D eigenvalue weighted by Gasteiger charge is -2.40. The number of hydrogen-bond donors (Lipinski definition) is 1. The van der Waals surface area contributed by atoms with Gasteiger partial charge in [0.2, 0.25) is 5.95 Å². The zero-order valence-electron chi connectivity index (χ0n) is 17.8. The fourth-order valence-corrected chi connectivity index (χ4v) is 4.57. The van der Waals surface area contributed by atoms with Crippen LogP contribution in [-0.2, 0) is 6.54 Å². The molecule has 1 saturated carbocycles. The third-order valence-corrected chi connectivity index (χ3v) is 6.39. The molecule has 1 aliphatic carbocycles. The first-order valence-corrected chi connectivity index (χ1v) is 11.0. The molecule has 1 saturated heterocycles. The van der Waals surface area contributed by atoms with Crippen LogP contribution in [0, 0.1) is 0 Å². The van der Waals surface area contributed by atoms with Gasteiger partial charge in [0.15, 0.2) is 0 Å². The highest BCUT2D eigenvalue weighted by Crippen LogP contribution is 2.25. The minimum Gasteiger partial charge on any atom is -0.338 e. The van der Waals surface area contributed by atoms with Crippen molar-refractivity contribution >= 4 is 5.95 Å². The number of hydrogen-bond acceptors (Lipinski definition) is 6. The maximum absolute atomic E-state index is 4.70. The first-order valence-electron chi connectivity index (χ1n) is 11.0. The number of aromatic nitrogens is 2. The highest BCUT2D eigenvalue weighted by molar-refractivity contribution is 5.63. The van der Waals surface area contributed by atoms with Crippen LogP contribution in [0.2, 0.25) is 0 Å². The van der Waals surface area contributed by atoms with Crippen LogP contribution in [-0.4, -0.2) is 66.2 Å². The third kappa shape index (κ3) is 5.13. The van der Waals surface area contributed by atoms with Crippen molar-refractivity contribution < 1.29 is 0 Å². The Morgan fingerprint density at radius 2 is 1.72 bits per heavy atom. The third-order valence-electron chi connectivity index (χ3n) is 6.39. The monoisotopic (exact) mass is 394 g/mol. The van der Waals surface area contributed by atoms with Gasteiger partial charge < -0.3 is 4.90 Å². The summed E-state index contributed by atoms with van der Waals surface area (Å²) >= 11 is 0. The Hall–Kier alpha value is -2.02. The van der Waals surface area contributed by atoms with Gasteiger partial charge in [0.25, 0.3) is 0 Å². The molecule has 2 aromatic rings. The van der Waals surface area contributed by atoms with Crippen LogP contribution in [0.1, 0.15) is 37.7 Å². The number of nitrogens with zero attached hydrogens (tertiary/aromatic N) is 5. The summed E-state index contributed by atoms with van der Waals surface area (Å²) in [6.07, 6.45) is 10.9. The van der Waals surface area contributed by atoms with Crippen LogP contribution in [0.5, 0.6) is 0 Å². The molecule has 0 atom stereocenters. The summed E-state index contributed by atoms with van der Waals surface area (Å²) in [5, 5.41) is 2.06. The second-order valence-electron chi connectivity index (χ2n) is 8.37. The molecule has 4 rings (SSSR count). The van der Waals surface area contributed by atoms with E-state index in [0.717, 1.165) is 50.3 Å². The molecule has 29 heavy (non-hydrogen) atoms. The van der Waals surface area contributed by atoms with E-state index in [1.807, 2.05) is 26.5 Å². The number of benzene rings is 1. The summed E-state index contributed by atoms with van der Waals surface area (Å²) in [5.74, 6) is 0.864. The van der Waals surface area contributed by atoms with E-state index >= 15 is 0 Å². The van der Waals surface area contributed by atoms with Gasteiger partial charge in [-0.3, -0.25) is 10.3 Å². The Morgan fingerprint density at radius 3 is 2.41 bits per heavy atom. The summed E-state index contributed by atoms with van der Waals surface area (Å²) in [7, 11) is 3.98. The summed E-state index contributed by atoms with van der Waals surface area (Å²) < 4.78 is 0. The Morgan fingerprint density at radius 1 is 1.00 bits per heavy atom. The van der Waals surface area contributed by atoms with Crippen molar-refractivity contribution in [1.82, 2.24) is 25.3 Å².